The monoisotopic (exact) mass is 328 g/mol. The number of nitro benzene ring substituents is 1. The summed E-state index contributed by atoms with van der Waals surface area (Å²) in [5.41, 5.74) is 4.91. The molecule has 0 saturated heterocycles. The van der Waals surface area contributed by atoms with Gasteiger partial charge in [-0.15, -0.1) is 11.3 Å². The first-order valence-corrected chi connectivity index (χ1v) is 8.13. The zero-order valence-electron chi connectivity index (χ0n) is 10.9. The van der Waals surface area contributed by atoms with E-state index >= 15 is 0 Å². The summed E-state index contributed by atoms with van der Waals surface area (Å²) >= 11 is 1.31. The van der Waals surface area contributed by atoms with E-state index in [-0.39, 0.29) is 10.6 Å². The highest BCUT2D eigenvalue weighted by molar-refractivity contribution is 7.89. The van der Waals surface area contributed by atoms with Gasteiger partial charge in [0, 0.05) is 17.6 Å². The molecule has 10 heteroatoms. The first-order valence-electron chi connectivity index (χ1n) is 5.77. The third kappa shape index (κ3) is 3.35. The first kappa shape index (κ1) is 15.4. The Morgan fingerprint density at radius 3 is 2.76 bits per heavy atom. The van der Waals surface area contributed by atoms with Crippen LogP contribution in [0.2, 0.25) is 0 Å². The lowest BCUT2D eigenvalue weighted by molar-refractivity contribution is -0.384. The average molecular weight is 328 g/mol. The number of benzene rings is 1. The molecule has 0 aliphatic carbocycles. The molecular formula is C11H12N4O4S2. The SMILES string of the molecule is CC(NS(=O)(=O)c1ccc(N)c([N+](=O)[O-])c1)c1nccs1. The summed E-state index contributed by atoms with van der Waals surface area (Å²) < 4.78 is 26.9. The molecule has 2 aromatic rings. The summed E-state index contributed by atoms with van der Waals surface area (Å²) in [7, 11) is -3.90. The van der Waals surface area contributed by atoms with Crippen LogP contribution >= 0.6 is 11.3 Å². The zero-order valence-corrected chi connectivity index (χ0v) is 12.5. The van der Waals surface area contributed by atoms with Crippen molar-refractivity contribution in [3.05, 3.63) is 44.9 Å². The van der Waals surface area contributed by atoms with Gasteiger partial charge in [-0.25, -0.2) is 18.1 Å². The van der Waals surface area contributed by atoms with E-state index in [9.17, 15) is 18.5 Å². The summed E-state index contributed by atoms with van der Waals surface area (Å²) in [5.74, 6) is 0. The minimum atomic E-state index is -3.90. The average Bonchev–Trinajstić information content (AvgIpc) is 2.92. The molecular weight excluding hydrogens is 316 g/mol. The highest BCUT2D eigenvalue weighted by atomic mass is 32.2. The fourth-order valence-electron chi connectivity index (χ4n) is 1.65. The van der Waals surface area contributed by atoms with Crippen molar-refractivity contribution in [3.63, 3.8) is 0 Å². The fraction of sp³-hybridized carbons (Fsp3) is 0.182. The molecule has 0 aliphatic rings. The van der Waals surface area contributed by atoms with Crippen molar-refractivity contribution in [2.45, 2.75) is 17.9 Å². The summed E-state index contributed by atoms with van der Waals surface area (Å²) in [6.07, 6.45) is 1.57. The van der Waals surface area contributed by atoms with Gasteiger partial charge in [-0.1, -0.05) is 0 Å². The maximum Gasteiger partial charge on any atom is 0.293 e. The summed E-state index contributed by atoms with van der Waals surface area (Å²) in [6, 6.07) is 2.82. The highest BCUT2D eigenvalue weighted by Gasteiger charge is 2.23. The second-order valence-electron chi connectivity index (χ2n) is 4.19. The molecule has 0 amide bonds. The van der Waals surface area contributed by atoms with Gasteiger partial charge in [-0.05, 0) is 19.1 Å². The van der Waals surface area contributed by atoms with E-state index in [1.165, 1.54) is 23.5 Å². The Morgan fingerprint density at radius 1 is 1.48 bits per heavy atom. The van der Waals surface area contributed by atoms with Gasteiger partial charge in [0.15, 0.2) is 0 Å². The van der Waals surface area contributed by atoms with Crippen LogP contribution in [0.1, 0.15) is 18.0 Å². The molecule has 0 bridgehead atoms. The standard InChI is InChI=1S/C11H12N4O4S2/c1-7(11-13-4-5-20-11)14-21(18,19)8-2-3-9(12)10(6-8)15(16)17/h2-7,14H,12H2,1H3. The van der Waals surface area contributed by atoms with Gasteiger partial charge in [0.1, 0.15) is 10.7 Å². The third-order valence-corrected chi connectivity index (χ3v) is 5.16. The second-order valence-corrected chi connectivity index (χ2v) is 6.83. The minimum absolute atomic E-state index is 0.0908. The number of hydrogen-bond donors (Lipinski definition) is 2. The Labute approximate surface area is 124 Å². The molecule has 112 valence electrons. The molecule has 0 spiro atoms. The Balaban J connectivity index is 2.32. The molecule has 21 heavy (non-hydrogen) atoms. The number of nitrogens with zero attached hydrogens (tertiary/aromatic N) is 2. The molecule has 0 aliphatic heterocycles. The number of nitro groups is 1. The fourth-order valence-corrected chi connectivity index (χ4v) is 3.60. The summed E-state index contributed by atoms with van der Waals surface area (Å²) in [6.45, 7) is 1.64. The van der Waals surface area contributed by atoms with E-state index in [1.807, 2.05) is 0 Å². The lowest BCUT2D eigenvalue weighted by Gasteiger charge is -2.12. The molecule has 1 atom stereocenters. The topological polar surface area (TPSA) is 128 Å². The van der Waals surface area contributed by atoms with E-state index in [0.29, 0.717) is 5.01 Å². The molecule has 8 nitrogen and oxygen atoms in total. The summed E-state index contributed by atoms with van der Waals surface area (Å²) in [4.78, 5) is 13.9. The van der Waals surface area contributed by atoms with Gasteiger partial charge < -0.3 is 5.73 Å². The minimum Gasteiger partial charge on any atom is -0.393 e. The lowest BCUT2D eigenvalue weighted by atomic mass is 10.3. The zero-order chi connectivity index (χ0) is 15.6. The Kier molecular flexibility index (Phi) is 4.21. The lowest BCUT2D eigenvalue weighted by Crippen LogP contribution is -2.26. The Morgan fingerprint density at radius 2 is 2.19 bits per heavy atom. The molecule has 0 fully saturated rings. The van der Waals surface area contributed by atoms with Crippen LogP contribution in [-0.4, -0.2) is 18.3 Å². The number of nitrogen functional groups attached to an aromatic ring is 1. The number of nitrogens with two attached hydrogens (primary N) is 1. The Hall–Kier alpha value is -2.04. The Bertz CT molecular complexity index is 759. The van der Waals surface area contributed by atoms with E-state index in [1.54, 1.807) is 18.5 Å². The number of sulfonamides is 1. The van der Waals surface area contributed by atoms with Crippen LogP contribution in [0.3, 0.4) is 0 Å². The number of anilines is 1. The quantitative estimate of drug-likeness (QED) is 0.488. The molecule has 3 N–H and O–H groups in total. The van der Waals surface area contributed by atoms with Crippen molar-refractivity contribution in [2.75, 3.05) is 5.73 Å². The number of hydrogen-bond acceptors (Lipinski definition) is 7. The largest absolute Gasteiger partial charge is 0.393 e. The van der Waals surface area contributed by atoms with Gasteiger partial charge in [-0.2, -0.15) is 0 Å². The van der Waals surface area contributed by atoms with Crippen molar-refractivity contribution in [2.24, 2.45) is 0 Å². The van der Waals surface area contributed by atoms with Crippen LogP contribution in [0, 0.1) is 10.1 Å². The first-order chi connectivity index (χ1) is 9.81. The van der Waals surface area contributed by atoms with E-state index in [4.69, 9.17) is 5.73 Å². The molecule has 1 aromatic heterocycles. The van der Waals surface area contributed by atoms with Crippen LogP contribution in [0.4, 0.5) is 11.4 Å². The van der Waals surface area contributed by atoms with Gasteiger partial charge in [0.05, 0.1) is 15.9 Å². The predicted molar refractivity (Wildman–Crippen MR) is 78.4 cm³/mol. The van der Waals surface area contributed by atoms with Gasteiger partial charge >= 0.3 is 0 Å². The van der Waals surface area contributed by atoms with Crippen LogP contribution in [-0.2, 0) is 10.0 Å². The van der Waals surface area contributed by atoms with Crippen molar-refractivity contribution < 1.29 is 13.3 Å². The van der Waals surface area contributed by atoms with Crippen molar-refractivity contribution in [3.8, 4) is 0 Å². The van der Waals surface area contributed by atoms with E-state index in [2.05, 4.69) is 9.71 Å². The predicted octanol–water partition coefficient (Wildman–Crippen LogP) is 1.67. The maximum absolute atomic E-state index is 12.2. The maximum atomic E-state index is 12.2. The molecule has 1 heterocycles. The molecule has 0 radical (unpaired) electrons. The molecule has 1 aromatic carbocycles. The number of rotatable bonds is 5. The van der Waals surface area contributed by atoms with Crippen LogP contribution in [0.15, 0.2) is 34.7 Å². The van der Waals surface area contributed by atoms with Crippen LogP contribution in [0.25, 0.3) is 0 Å². The smallest absolute Gasteiger partial charge is 0.293 e. The van der Waals surface area contributed by atoms with Crippen molar-refractivity contribution in [1.82, 2.24) is 9.71 Å². The highest BCUT2D eigenvalue weighted by Crippen LogP contribution is 2.26. The van der Waals surface area contributed by atoms with Gasteiger partial charge in [0.2, 0.25) is 10.0 Å². The second kappa shape index (κ2) is 5.76. The number of nitrogens with one attached hydrogen (secondary N) is 1. The summed E-state index contributed by atoms with van der Waals surface area (Å²) in [5, 5.41) is 13.1. The molecule has 1 unspecified atom stereocenters. The van der Waals surface area contributed by atoms with Gasteiger partial charge in [0.25, 0.3) is 5.69 Å². The molecule has 0 saturated carbocycles. The van der Waals surface area contributed by atoms with Crippen LogP contribution < -0.4 is 10.5 Å². The van der Waals surface area contributed by atoms with Crippen LogP contribution in [0.5, 0.6) is 0 Å². The van der Waals surface area contributed by atoms with Crippen molar-refractivity contribution in [1.29, 1.82) is 0 Å². The number of thiazole rings is 1. The van der Waals surface area contributed by atoms with Crippen molar-refractivity contribution >= 4 is 32.7 Å². The van der Waals surface area contributed by atoms with E-state index in [0.717, 1.165) is 6.07 Å². The van der Waals surface area contributed by atoms with Gasteiger partial charge in [-0.3, -0.25) is 10.1 Å². The third-order valence-electron chi connectivity index (χ3n) is 2.66. The van der Waals surface area contributed by atoms with E-state index < -0.39 is 26.7 Å². The normalized spacial score (nSPS) is 13.0. The molecule has 2 rings (SSSR count). The number of aromatic nitrogens is 1.